The molecule has 0 aliphatic heterocycles. The second kappa shape index (κ2) is 6.06. The quantitative estimate of drug-likeness (QED) is 0.848. The van der Waals surface area contributed by atoms with Gasteiger partial charge in [0, 0.05) is 12.8 Å². The lowest BCUT2D eigenvalue weighted by Gasteiger charge is -2.41. The van der Waals surface area contributed by atoms with Crippen molar-refractivity contribution in [2.45, 2.75) is 37.3 Å². The van der Waals surface area contributed by atoms with Crippen LogP contribution in [0.3, 0.4) is 0 Å². The summed E-state index contributed by atoms with van der Waals surface area (Å²) in [4.78, 5) is 12.3. The van der Waals surface area contributed by atoms with E-state index in [9.17, 15) is 4.79 Å². The molecule has 1 saturated carbocycles. The van der Waals surface area contributed by atoms with Gasteiger partial charge >= 0.3 is 5.97 Å². The molecule has 104 valence electrons. The number of benzene rings is 1. The first-order valence-corrected chi connectivity index (χ1v) is 6.67. The van der Waals surface area contributed by atoms with Crippen molar-refractivity contribution in [2.24, 2.45) is 0 Å². The zero-order valence-corrected chi connectivity index (χ0v) is 11.5. The molecule has 1 aromatic carbocycles. The summed E-state index contributed by atoms with van der Waals surface area (Å²) in [7, 11) is 3.08. The molecule has 1 aliphatic carbocycles. The van der Waals surface area contributed by atoms with Gasteiger partial charge in [-0.15, -0.1) is 0 Å². The molecule has 1 N–H and O–H groups in total. The van der Waals surface area contributed by atoms with Crippen molar-refractivity contribution < 1.29 is 14.3 Å². The van der Waals surface area contributed by atoms with Crippen molar-refractivity contribution >= 4 is 11.7 Å². The molecular formula is C15H21NO3. The molecule has 0 spiro atoms. The lowest BCUT2D eigenvalue weighted by Crippen LogP contribution is -2.58. The van der Waals surface area contributed by atoms with E-state index >= 15 is 0 Å². The fourth-order valence-corrected chi connectivity index (χ4v) is 2.85. The molecule has 1 aromatic rings. The summed E-state index contributed by atoms with van der Waals surface area (Å²) in [5, 5.41) is 3.35. The highest BCUT2D eigenvalue weighted by Crippen LogP contribution is 2.34. The van der Waals surface area contributed by atoms with Crippen molar-refractivity contribution in [3.63, 3.8) is 0 Å². The Morgan fingerprint density at radius 1 is 1.26 bits per heavy atom. The third kappa shape index (κ3) is 2.73. The minimum atomic E-state index is -0.775. The number of nitrogens with one attached hydrogen (secondary N) is 1. The molecule has 0 heterocycles. The van der Waals surface area contributed by atoms with Crippen molar-refractivity contribution in [1.29, 1.82) is 0 Å². The van der Waals surface area contributed by atoms with E-state index in [4.69, 9.17) is 9.47 Å². The Hall–Kier alpha value is -1.55. The molecule has 0 aromatic heterocycles. The number of anilines is 1. The van der Waals surface area contributed by atoms with E-state index in [0.717, 1.165) is 31.4 Å². The van der Waals surface area contributed by atoms with Gasteiger partial charge in [0.05, 0.1) is 13.2 Å². The average Bonchev–Trinajstić information content (AvgIpc) is 2.47. The van der Waals surface area contributed by atoms with Crippen LogP contribution in [0, 0.1) is 0 Å². The molecule has 19 heavy (non-hydrogen) atoms. The lowest BCUT2D eigenvalue weighted by molar-refractivity contribution is -0.153. The van der Waals surface area contributed by atoms with E-state index in [1.165, 1.54) is 7.11 Å². The maximum absolute atomic E-state index is 12.3. The largest absolute Gasteiger partial charge is 0.467 e. The molecule has 2 rings (SSSR count). The normalized spacial score (nSPS) is 26.7. The fourth-order valence-electron chi connectivity index (χ4n) is 2.85. The van der Waals surface area contributed by atoms with Crippen LogP contribution in [0.4, 0.5) is 5.69 Å². The number of methoxy groups -OCH3 is 2. The van der Waals surface area contributed by atoms with Crippen LogP contribution in [0.15, 0.2) is 30.3 Å². The highest BCUT2D eigenvalue weighted by molar-refractivity contribution is 5.85. The SMILES string of the molecule is COC(=O)C1(Nc2ccccc2)CCCCC1OC. The maximum Gasteiger partial charge on any atom is 0.334 e. The number of ether oxygens (including phenoxy) is 2. The van der Waals surface area contributed by atoms with Crippen LogP contribution in [-0.4, -0.2) is 31.8 Å². The topological polar surface area (TPSA) is 47.6 Å². The van der Waals surface area contributed by atoms with E-state index in [1.54, 1.807) is 7.11 Å². The van der Waals surface area contributed by atoms with Gasteiger partial charge in [-0.3, -0.25) is 0 Å². The molecule has 4 nitrogen and oxygen atoms in total. The van der Waals surface area contributed by atoms with Gasteiger partial charge in [0.25, 0.3) is 0 Å². The molecule has 0 bridgehead atoms. The highest BCUT2D eigenvalue weighted by Gasteiger charge is 2.48. The third-order valence-corrected chi connectivity index (χ3v) is 3.81. The number of rotatable bonds is 4. The zero-order chi connectivity index (χ0) is 13.7. The third-order valence-electron chi connectivity index (χ3n) is 3.81. The van der Waals surface area contributed by atoms with Crippen molar-refractivity contribution in [1.82, 2.24) is 0 Å². The van der Waals surface area contributed by atoms with Crippen molar-refractivity contribution in [3.8, 4) is 0 Å². The predicted molar refractivity (Wildman–Crippen MR) is 74.1 cm³/mol. The van der Waals surface area contributed by atoms with Gasteiger partial charge in [0.15, 0.2) is 5.54 Å². The summed E-state index contributed by atoms with van der Waals surface area (Å²) < 4.78 is 10.6. The number of carbonyl (C=O) groups is 1. The Labute approximate surface area is 114 Å². The summed E-state index contributed by atoms with van der Waals surface area (Å²) in [6, 6.07) is 9.73. The number of hydrogen-bond donors (Lipinski definition) is 1. The van der Waals surface area contributed by atoms with Crippen LogP contribution in [0.2, 0.25) is 0 Å². The Balaban J connectivity index is 2.31. The van der Waals surface area contributed by atoms with Gasteiger partial charge in [0.2, 0.25) is 0 Å². The summed E-state index contributed by atoms with van der Waals surface area (Å²) in [6.07, 6.45) is 3.51. The average molecular weight is 263 g/mol. The molecule has 2 unspecified atom stereocenters. The number of para-hydroxylation sites is 1. The van der Waals surface area contributed by atoms with Crippen LogP contribution >= 0.6 is 0 Å². The first-order valence-electron chi connectivity index (χ1n) is 6.67. The highest BCUT2D eigenvalue weighted by atomic mass is 16.5. The minimum absolute atomic E-state index is 0.158. The summed E-state index contributed by atoms with van der Waals surface area (Å²) in [5.74, 6) is -0.247. The summed E-state index contributed by atoms with van der Waals surface area (Å²) >= 11 is 0. The van der Waals surface area contributed by atoms with Crippen molar-refractivity contribution in [2.75, 3.05) is 19.5 Å². The zero-order valence-electron chi connectivity index (χ0n) is 11.5. The van der Waals surface area contributed by atoms with Gasteiger partial charge in [-0.25, -0.2) is 4.79 Å². The second-order valence-corrected chi connectivity index (χ2v) is 4.92. The van der Waals surface area contributed by atoms with Crippen LogP contribution in [-0.2, 0) is 14.3 Å². The molecule has 2 atom stereocenters. The van der Waals surface area contributed by atoms with E-state index in [1.807, 2.05) is 30.3 Å². The maximum atomic E-state index is 12.3. The van der Waals surface area contributed by atoms with Gasteiger partial charge in [0.1, 0.15) is 0 Å². The molecule has 0 saturated heterocycles. The second-order valence-electron chi connectivity index (χ2n) is 4.92. The molecule has 1 fully saturated rings. The summed E-state index contributed by atoms with van der Waals surface area (Å²) in [6.45, 7) is 0. The Morgan fingerprint density at radius 2 is 2.00 bits per heavy atom. The van der Waals surface area contributed by atoms with Gasteiger partial charge in [-0.05, 0) is 25.0 Å². The van der Waals surface area contributed by atoms with Crippen LogP contribution in [0.25, 0.3) is 0 Å². The Bertz CT molecular complexity index is 421. The Kier molecular flexibility index (Phi) is 4.43. The molecule has 1 aliphatic rings. The van der Waals surface area contributed by atoms with E-state index in [-0.39, 0.29) is 12.1 Å². The lowest BCUT2D eigenvalue weighted by atomic mass is 9.78. The molecule has 0 amide bonds. The Morgan fingerprint density at radius 3 is 2.63 bits per heavy atom. The predicted octanol–water partition coefficient (Wildman–Crippen LogP) is 2.60. The van der Waals surface area contributed by atoms with E-state index in [2.05, 4.69) is 5.32 Å². The van der Waals surface area contributed by atoms with Crippen LogP contribution in [0.1, 0.15) is 25.7 Å². The van der Waals surface area contributed by atoms with Crippen molar-refractivity contribution in [3.05, 3.63) is 30.3 Å². The first kappa shape index (κ1) is 13.9. The number of carbonyl (C=O) groups excluding carboxylic acids is 1. The standard InChI is InChI=1S/C15H21NO3/c1-18-13-10-6-7-11-15(13,14(17)19-2)16-12-8-4-3-5-9-12/h3-5,8-9,13,16H,6-7,10-11H2,1-2H3. The van der Waals surface area contributed by atoms with Gasteiger partial charge < -0.3 is 14.8 Å². The monoisotopic (exact) mass is 263 g/mol. The fraction of sp³-hybridized carbons (Fsp3) is 0.533. The first-order chi connectivity index (χ1) is 9.23. The molecular weight excluding hydrogens is 242 g/mol. The van der Waals surface area contributed by atoms with Crippen LogP contribution in [0.5, 0.6) is 0 Å². The number of hydrogen-bond acceptors (Lipinski definition) is 4. The molecule has 0 radical (unpaired) electrons. The van der Waals surface area contributed by atoms with Crippen LogP contribution < -0.4 is 5.32 Å². The van der Waals surface area contributed by atoms with E-state index < -0.39 is 5.54 Å². The van der Waals surface area contributed by atoms with Gasteiger partial charge in [-0.2, -0.15) is 0 Å². The summed E-state index contributed by atoms with van der Waals surface area (Å²) in [5.41, 5.74) is 0.139. The van der Waals surface area contributed by atoms with Gasteiger partial charge in [-0.1, -0.05) is 31.0 Å². The minimum Gasteiger partial charge on any atom is -0.467 e. The molecule has 4 heteroatoms. The smallest absolute Gasteiger partial charge is 0.334 e. The number of esters is 1. The van der Waals surface area contributed by atoms with E-state index in [0.29, 0.717) is 0 Å².